The smallest absolute Gasteiger partial charge is 0.260 e. The molecule has 1 saturated heterocycles. The average molecular weight is 616 g/mol. The third-order valence-electron chi connectivity index (χ3n) is 6.81. The van der Waals surface area contributed by atoms with Crippen LogP contribution in [0.1, 0.15) is 42.1 Å². The number of thiazole rings is 1. The van der Waals surface area contributed by atoms with E-state index in [1.54, 1.807) is 24.1 Å². The van der Waals surface area contributed by atoms with Crippen molar-refractivity contribution in [2.24, 2.45) is 0 Å². The Morgan fingerprint density at radius 2 is 1.79 bits per heavy atom. The molecule has 0 N–H and O–H groups in total. The summed E-state index contributed by atoms with van der Waals surface area (Å²) in [5.41, 5.74) is 2.09. The molecule has 1 aliphatic heterocycles. The molecule has 0 atom stereocenters. The van der Waals surface area contributed by atoms with Crippen molar-refractivity contribution in [2.45, 2.75) is 38.0 Å². The number of hydrogen-bond donors (Lipinski definition) is 0. The maximum absolute atomic E-state index is 13.8. The third-order valence-corrected chi connectivity index (χ3v) is 10.1. The van der Waals surface area contributed by atoms with Gasteiger partial charge >= 0.3 is 0 Å². The lowest BCUT2D eigenvalue weighted by atomic mass is 10.2. The highest BCUT2D eigenvalue weighted by atomic mass is 35.5. The van der Waals surface area contributed by atoms with Crippen molar-refractivity contribution in [2.75, 3.05) is 57.9 Å². The van der Waals surface area contributed by atoms with Crippen molar-refractivity contribution >= 4 is 66.6 Å². The standard InChI is InChI=1S/C27H35ClN4O4S2.ClH/c1-4-5-13-30(3)38(34,35)22-9-7-21(8-10-22)26(33)32(15-6-14-31-16-18-36-19-17-31)27-29-25-20(2)23(28)11-12-24(25)37-27;/h7-12H,4-6,13-19H2,1-3H3;1H. The molecule has 2 heterocycles. The Balaban J connectivity index is 0.00000420. The largest absolute Gasteiger partial charge is 0.379 e. The number of aromatic nitrogens is 1. The van der Waals surface area contributed by atoms with E-state index in [-0.39, 0.29) is 23.2 Å². The maximum Gasteiger partial charge on any atom is 0.260 e. The lowest BCUT2D eigenvalue weighted by Crippen LogP contribution is -2.39. The molecule has 2 aromatic carbocycles. The van der Waals surface area contributed by atoms with E-state index in [2.05, 4.69) is 4.90 Å². The van der Waals surface area contributed by atoms with Crippen LogP contribution in [-0.4, -0.2) is 81.5 Å². The van der Waals surface area contributed by atoms with Crippen LogP contribution in [0.15, 0.2) is 41.3 Å². The summed E-state index contributed by atoms with van der Waals surface area (Å²) >= 11 is 7.78. The van der Waals surface area contributed by atoms with Crippen LogP contribution in [0.4, 0.5) is 5.13 Å². The highest BCUT2D eigenvalue weighted by Crippen LogP contribution is 2.34. The Bertz CT molecular complexity index is 1360. The Morgan fingerprint density at radius 3 is 2.46 bits per heavy atom. The number of nitrogens with zero attached hydrogens (tertiary/aromatic N) is 4. The first-order valence-electron chi connectivity index (χ1n) is 13.0. The summed E-state index contributed by atoms with van der Waals surface area (Å²) in [6.07, 6.45) is 2.47. The van der Waals surface area contributed by atoms with Gasteiger partial charge in [-0.1, -0.05) is 36.3 Å². The van der Waals surface area contributed by atoms with Gasteiger partial charge in [-0.05, 0) is 61.7 Å². The summed E-state index contributed by atoms with van der Waals surface area (Å²) in [6.45, 7) is 8.96. The highest BCUT2D eigenvalue weighted by Gasteiger charge is 2.25. The molecular formula is C27H36Cl2N4O4S2. The summed E-state index contributed by atoms with van der Waals surface area (Å²) in [5, 5.41) is 1.24. The Hall–Kier alpha value is -1.79. The minimum atomic E-state index is -3.61. The highest BCUT2D eigenvalue weighted by molar-refractivity contribution is 7.89. The number of fused-ring (bicyclic) bond motifs is 1. The number of anilines is 1. The van der Waals surface area contributed by atoms with Gasteiger partial charge in [0.05, 0.1) is 28.3 Å². The maximum atomic E-state index is 13.8. The minimum Gasteiger partial charge on any atom is -0.379 e. The number of aryl methyl sites for hydroxylation is 1. The number of rotatable bonds is 11. The zero-order valence-electron chi connectivity index (χ0n) is 22.6. The van der Waals surface area contributed by atoms with Crippen LogP contribution >= 0.6 is 35.3 Å². The molecule has 0 aliphatic carbocycles. The van der Waals surface area contributed by atoms with Gasteiger partial charge in [-0.25, -0.2) is 17.7 Å². The normalized spacial score (nSPS) is 14.5. The number of benzene rings is 2. The van der Waals surface area contributed by atoms with Gasteiger partial charge in [0.2, 0.25) is 10.0 Å². The van der Waals surface area contributed by atoms with E-state index in [4.69, 9.17) is 21.3 Å². The molecule has 39 heavy (non-hydrogen) atoms. The van der Waals surface area contributed by atoms with Crippen LogP contribution in [0.3, 0.4) is 0 Å². The lowest BCUT2D eigenvalue weighted by molar-refractivity contribution is 0.0376. The second-order valence-electron chi connectivity index (χ2n) is 9.48. The summed E-state index contributed by atoms with van der Waals surface area (Å²) in [7, 11) is -2.02. The molecule has 1 amide bonds. The first-order chi connectivity index (χ1) is 18.2. The second kappa shape index (κ2) is 14.2. The van der Waals surface area contributed by atoms with Crippen LogP contribution < -0.4 is 4.90 Å². The number of sulfonamides is 1. The Kier molecular flexibility index (Phi) is 11.6. The molecule has 1 aromatic heterocycles. The van der Waals surface area contributed by atoms with Gasteiger partial charge in [0, 0.05) is 50.4 Å². The van der Waals surface area contributed by atoms with Crippen LogP contribution in [0.2, 0.25) is 5.02 Å². The fraction of sp³-hybridized carbons (Fsp3) is 0.481. The van der Waals surface area contributed by atoms with Gasteiger partial charge in [0.15, 0.2) is 5.13 Å². The molecule has 0 saturated carbocycles. The number of halogens is 2. The fourth-order valence-electron chi connectivity index (χ4n) is 4.37. The Labute approximate surface area is 246 Å². The van der Waals surface area contributed by atoms with Crippen molar-refractivity contribution in [1.29, 1.82) is 0 Å². The molecule has 0 unspecified atom stereocenters. The van der Waals surface area contributed by atoms with E-state index < -0.39 is 10.0 Å². The molecule has 214 valence electrons. The van der Waals surface area contributed by atoms with E-state index in [0.717, 1.165) is 67.9 Å². The second-order valence-corrected chi connectivity index (χ2v) is 12.9. The van der Waals surface area contributed by atoms with E-state index >= 15 is 0 Å². The quantitative estimate of drug-likeness (QED) is 0.285. The number of morpholine rings is 1. The van der Waals surface area contributed by atoms with Crippen molar-refractivity contribution < 1.29 is 17.9 Å². The van der Waals surface area contributed by atoms with Crippen molar-refractivity contribution in [3.05, 3.63) is 52.5 Å². The van der Waals surface area contributed by atoms with Crippen molar-refractivity contribution in [3.63, 3.8) is 0 Å². The Morgan fingerprint density at radius 1 is 1.10 bits per heavy atom. The van der Waals surface area contributed by atoms with Gasteiger partial charge in [-0.3, -0.25) is 14.6 Å². The topological polar surface area (TPSA) is 83.1 Å². The number of carbonyl (C=O) groups is 1. The molecule has 8 nitrogen and oxygen atoms in total. The van der Waals surface area contributed by atoms with E-state index in [1.165, 1.54) is 27.8 Å². The molecule has 4 rings (SSSR count). The zero-order chi connectivity index (χ0) is 27.3. The van der Waals surface area contributed by atoms with Crippen LogP contribution in [0.5, 0.6) is 0 Å². The van der Waals surface area contributed by atoms with E-state index in [9.17, 15) is 13.2 Å². The zero-order valence-corrected chi connectivity index (χ0v) is 25.8. The van der Waals surface area contributed by atoms with Gasteiger partial charge in [-0.15, -0.1) is 12.4 Å². The molecule has 0 spiro atoms. The molecule has 0 radical (unpaired) electrons. The van der Waals surface area contributed by atoms with Crippen LogP contribution in [0, 0.1) is 6.92 Å². The van der Waals surface area contributed by atoms with Crippen LogP contribution in [0.25, 0.3) is 10.2 Å². The molecule has 1 fully saturated rings. The SMILES string of the molecule is CCCCN(C)S(=O)(=O)c1ccc(C(=O)N(CCCN2CCOCC2)c2nc3c(C)c(Cl)ccc3s2)cc1.Cl. The van der Waals surface area contributed by atoms with Gasteiger partial charge in [0.1, 0.15) is 0 Å². The van der Waals surface area contributed by atoms with E-state index in [1.807, 2.05) is 26.0 Å². The fourth-order valence-corrected chi connectivity index (χ4v) is 6.78. The number of carbonyl (C=O) groups excluding carboxylic acids is 1. The predicted octanol–water partition coefficient (Wildman–Crippen LogP) is 5.47. The van der Waals surface area contributed by atoms with Gasteiger partial charge < -0.3 is 4.74 Å². The van der Waals surface area contributed by atoms with Crippen molar-refractivity contribution in [3.8, 4) is 0 Å². The summed E-state index contributed by atoms with van der Waals surface area (Å²) in [5.74, 6) is -0.210. The monoisotopic (exact) mass is 614 g/mol. The summed E-state index contributed by atoms with van der Waals surface area (Å²) in [4.78, 5) is 22.8. The first-order valence-corrected chi connectivity index (χ1v) is 15.6. The first kappa shape index (κ1) is 31.7. The third kappa shape index (κ3) is 7.49. The molecule has 0 bridgehead atoms. The number of ether oxygens (including phenoxy) is 1. The van der Waals surface area contributed by atoms with Gasteiger partial charge in [0.25, 0.3) is 5.91 Å². The summed E-state index contributed by atoms with van der Waals surface area (Å²) in [6, 6.07) is 9.98. The lowest BCUT2D eigenvalue weighted by Gasteiger charge is -2.27. The average Bonchev–Trinajstić information content (AvgIpc) is 3.37. The van der Waals surface area contributed by atoms with Crippen molar-refractivity contribution in [1.82, 2.24) is 14.2 Å². The molecule has 1 aliphatic rings. The predicted molar refractivity (Wildman–Crippen MR) is 161 cm³/mol. The molecule has 3 aromatic rings. The molecular weight excluding hydrogens is 579 g/mol. The van der Waals surface area contributed by atoms with Crippen LogP contribution in [-0.2, 0) is 14.8 Å². The van der Waals surface area contributed by atoms with E-state index in [0.29, 0.717) is 28.8 Å². The summed E-state index contributed by atoms with van der Waals surface area (Å²) < 4.78 is 33.6. The number of amides is 1. The van der Waals surface area contributed by atoms with Gasteiger partial charge in [-0.2, -0.15) is 0 Å². The molecule has 12 heteroatoms. The minimum absolute atomic E-state index is 0. The number of hydrogen-bond acceptors (Lipinski definition) is 7. The number of unbranched alkanes of at least 4 members (excludes halogenated alkanes) is 1.